The van der Waals surface area contributed by atoms with Crippen LogP contribution < -0.4 is 21.7 Å². The molecular weight excluding hydrogens is 320 g/mol. The van der Waals surface area contributed by atoms with Crippen LogP contribution in [0.4, 0.5) is 5.69 Å². The normalized spacial score (nSPS) is 11.4. The molecule has 0 radical (unpaired) electrons. The Kier molecular flexibility index (Phi) is 9.06. The molecule has 0 saturated heterocycles. The standard InChI is InChI=1S/C18H28N4O3/c1-3-11-20-15-9-7-14(8-10-15)18(25)21-12-5-4-6-16(17(19)24)22-13(2)23/h7-10,16,20H,3-6,11-12H2,1-2H3,(H2,19,24)(H,21,25)(H,22,23)/t16-/m0/s1. The predicted molar refractivity (Wildman–Crippen MR) is 98.2 cm³/mol. The van der Waals surface area contributed by atoms with Crippen LogP contribution in [0.1, 0.15) is 49.9 Å². The summed E-state index contributed by atoms with van der Waals surface area (Å²) >= 11 is 0. The van der Waals surface area contributed by atoms with Gasteiger partial charge in [-0.2, -0.15) is 0 Å². The molecule has 0 aliphatic rings. The summed E-state index contributed by atoms with van der Waals surface area (Å²) in [5.74, 6) is -0.958. The van der Waals surface area contributed by atoms with Crippen molar-refractivity contribution in [2.45, 2.75) is 45.6 Å². The van der Waals surface area contributed by atoms with Crippen molar-refractivity contribution >= 4 is 23.4 Å². The summed E-state index contributed by atoms with van der Waals surface area (Å²) in [6.45, 7) is 4.84. The fourth-order valence-electron chi connectivity index (χ4n) is 2.32. The number of amides is 3. The van der Waals surface area contributed by atoms with Crippen molar-refractivity contribution in [2.75, 3.05) is 18.4 Å². The van der Waals surface area contributed by atoms with Gasteiger partial charge >= 0.3 is 0 Å². The molecule has 138 valence electrons. The number of hydrogen-bond donors (Lipinski definition) is 4. The fraction of sp³-hybridized carbons (Fsp3) is 0.500. The number of anilines is 1. The lowest BCUT2D eigenvalue weighted by Crippen LogP contribution is -2.43. The van der Waals surface area contributed by atoms with E-state index in [9.17, 15) is 14.4 Å². The lowest BCUT2D eigenvalue weighted by Gasteiger charge is -2.14. The smallest absolute Gasteiger partial charge is 0.251 e. The number of rotatable bonds is 11. The summed E-state index contributed by atoms with van der Waals surface area (Å²) in [5, 5.41) is 8.61. The van der Waals surface area contributed by atoms with Crippen molar-refractivity contribution in [1.82, 2.24) is 10.6 Å². The first-order chi connectivity index (χ1) is 11.9. The first-order valence-electron chi connectivity index (χ1n) is 8.62. The summed E-state index contributed by atoms with van der Waals surface area (Å²) in [4.78, 5) is 34.3. The molecule has 0 saturated carbocycles. The number of primary amides is 1. The van der Waals surface area contributed by atoms with Crippen molar-refractivity contribution in [3.63, 3.8) is 0 Å². The van der Waals surface area contributed by atoms with Crippen molar-refractivity contribution in [3.8, 4) is 0 Å². The third-order valence-corrected chi connectivity index (χ3v) is 3.65. The van der Waals surface area contributed by atoms with Crippen LogP contribution in [0.5, 0.6) is 0 Å². The lowest BCUT2D eigenvalue weighted by atomic mass is 10.1. The van der Waals surface area contributed by atoms with E-state index in [1.165, 1.54) is 6.92 Å². The highest BCUT2D eigenvalue weighted by molar-refractivity contribution is 5.94. The Morgan fingerprint density at radius 1 is 1.08 bits per heavy atom. The van der Waals surface area contributed by atoms with Crippen LogP contribution in [0.25, 0.3) is 0 Å². The first kappa shape index (κ1) is 20.5. The van der Waals surface area contributed by atoms with Gasteiger partial charge in [0.05, 0.1) is 0 Å². The number of carbonyl (C=O) groups excluding carboxylic acids is 3. The summed E-state index contributed by atoms with van der Waals surface area (Å²) in [6, 6.07) is 6.68. The van der Waals surface area contributed by atoms with Crippen LogP contribution in [0.2, 0.25) is 0 Å². The van der Waals surface area contributed by atoms with Gasteiger partial charge in [-0.05, 0) is 49.9 Å². The van der Waals surface area contributed by atoms with E-state index in [1.54, 1.807) is 12.1 Å². The number of carbonyl (C=O) groups is 3. The molecular formula is C18H28N4O3. The van der Waals surface area contributed by atoms with Crippen molar-refractivity contribution in [3.05, 3.63) is 29.8 Å². The zero-order valence-corrected chi connectivity index (χ0v) is 14.9. The lowest BCUT2D eigenvalue weighted by molar-refractivity contribution is -0.126. The topological polar surface area (TPSA) is 113 Å². The Hall–Kier alpha value is -2.57. The van der Waals surface area contributed by atoms with Crippen molar-refractivity contribution in [1.29, 1.82) is 0 Å². The van der Waals surface area contributed by atoms with Gasteiger partial charge in [-0.25, -0.2) is 0 Å². The monoisotopic (exact) mass is 348 g/mol. The molecule has 3 amide bonds. The zero-order valence-electron chi connectivity index (χ0n) is 14.9. The molecule has 0 unspecified atom stereocenters. The third-order valence-electron chi connectivity index (χ3n) is 3.65. The quantitative estimate of drug-likeness (QED) is 0.453. The van der Waals surface area contributed by atoms with Gasteiger partial charge in [0.1, 0.15) is 6.04 Å². The highest BCUT2D eigenvalue weighted by Gasteiger charge is 2.15. The molecule has 0 aliphatic carbocycles. The van der Waals surface area contributed by atoms with Crippen LogP contribution in [0.3, 0.4) is 0 Å². The van der Waals surface area contributed by atoms with Gasteiger partial charge in [0.15, 0.2) is 0 Å². The molecule has 1 aromatic rings. The largest absolute Gasteiger partial charge is 0.385 e. The summed E-state index contributed by atoms with van der Waals surface area (Å²) in [7, 11) is 0. The second-order valence-electron chi connectivity index (χ2n) is 5.91. The van der Waals surface area contributed by atoms with Crippen LogP contribution in [0, 0.1) is 0 Å². The first-order valence-corrected chi connectivity index (χ1v) is 8.62. The molecule has 1 aromatic carbocycles. The molecule has 0 heterocycles. The minimum absolute atomic E-state index is 0.129. The number of nitrogens with one attached hydrogen (secondary N) is 3. The molecule has 0 bridgehead atoms. The third kappa shape index (κ3) is 8.19. The van der Waals surface area contributed by atoms with E-state index in [-0.39, 0.29) is 11.8 Å². The Bertz CT molecular complexity index is 572. The highest BCUT2D eigenvalue weighted by Crippen LogP contribution is 2.09. The van der Waals surface area contributed by atoms with Crippen molar-refractivity contribution in [2.24, 2.45) is 5.73 Å². The maximum atomic E-state index is 12.1. The number of hydrogen-bond acceptors (Lipinski definition) is 4. The molecule has 0 fully saturated rings. The van der Waals surface area contributed by atoms with E-state index in [1.807, 2.05) is 12.1 Å². The second kappa shape index (κ2) is 11.1. The van der Waals surface area contributed by atoms with Gasteiger partial charge in [0.25, 0.3) is 5.91 Å². The summed E-state index contributed by atoms with van der Waals surface area (Å²) < 4.78 is 0. The van der Waals surface area contributed by atoms with Crippen LogP contribution in [0.15, 0.2) is 24.3 Å². The molecule has 25 heavy (non-hydrogen) atoms. The average Bonchev–Trinajstić information content (AvgIpc) is 2.58. The van der Waals surface area contributed by atoms with Crippen LogP contribution in [-0.4, -0.2) is 36.9 Å². The fourth-order valence-corrected chi connectivity index (χ4v) is 2.32. The number of benzene rings is 1. The van der Waals surface area contributed by atoms with Gasteiger partial charge in [-0.1, -0.05) is 6.92 Å². The molecule has 0 aliphatic heterocycles. The minimum Gasteiger partial charge on any atom is -0.385 e. The van der Waals surface area contributed by atoms with E-state index < -0.39 is 11.9 Å². The predicted octanol–water partition coefficient (Wildman–Crippen LogP) is 1.40. The molecule has 7 nitrogen and oxygen atoms in total. The molecule has 0 aromatic heterocycles. The van der Waals surface area contributed by atoms with E-state index in [2.05, 4.69) is 22.9 Å². The maximum Gasteiger partial charge on any atom is 0.251 e. The van der Waals surface area contributed by atoms with Gasteiger partial charge in [-0.3, -0.25) is 14.4 Å². The SMILES string of the molecule is CCCNc1ccc(C(=O)NCCCC[C@H](NC(C)=O)C(N)=O)cc1. The van der Waals surface area contributed by atoms with Gasteiger partial charge < -0.3 is 21.7 Å². The van der Waals surface area contributed by atoms with E-state index in [0.29, 0.717) is 31.4 Å². The van der Waals surface area contributed by atoms with Crippen LogP contribution in [-0.2, 0) is 9.59 Å². The highest BCUT2D eigenvalue weighted by atomic mass is 16.2. The Balaban J connectivity index is 2.30. The molecule has 1 rings (SSSR count). The number of unbranched alkanes of at least 4 members (excludes halogenated alkanes) is 1. The Morgan fingerprint density at radius 3 is 2.32 bits per heavy atom. The van der Waals surface area contributed by atoms with E-state index in [4.69, 9.17) is 5.73 Å². The van der Waals surface area contributed by atoms with Gasteiger partial charge in [0, 0.05) is 31.3 Å². The van der Waals surface area contributed by atoms with E-state index in [0.717, 1.165) is 18.7 Å². The molecule has 5 N–H and O–H groups in total. The van der Waals surface area contributed by atoms with E-state index >= 15 is 0 Å². The minimum atomic E-state index is -0.656. The number of nitrogens with two attached hydrogens (primary N) is 1. The zero-order chi connectivity index (χ0) is 18.7. The molecule has 7 heteroatoms. The molecule has 0 spiro atoms. The molecule has 1 atom stereocenters. The van der Waals surface area contributed by atoms with Gasteiger partial charge in [0.2, 0.25) is 11.8 Å². The van der Waals surface area contributed by atoms with Gasteiger partial charge in [-0.15, -0.1) is 0 Å². The maximum absolute atomic E-state index is 12.1. The summed E-state index contributed by atoms with van der Waals surface area (Å²) in [6.07, 6.45) is 2.88. The Morgan fingerprint density at radius 2 is 1.76 bits per heavy atom. The van der Waals surface area contributed by atoms with Crippen molar-refractivity contribution < 1.29 is 14.4 Å². The Labute approximate surface area is 148 Å². The summed E-state index contributed by atoms with van der Waals surface area (Å²) in [5.41, 5.74) is 6.84. The van der Waals surface area contributed by atoms with Crippen LogP contribution >= 0.6 is 0 Å². The second-order valence-corrected chi connectivity index (χ2v) is 5.91. The average molecular weight is 348 g/mol.